The topological polar surface area (TPSA) is 61.4 Å². The first-order chi connectivity index (χ1) is 12.4. The minimum Gasteiger partial charge on any atom is -0.376 e. The largest absolute Gasteiger partial charge is 0.376 e. The van der Waals surface area contributed by atoms with Gasteiger partial charge in [-0.25, -0.2) is 0 Å². The third-order valence-electron chi connectivity index (χ3n) is 4.38. The number of aryl methyl sites for hydroxylation is 3. The van der Waals surface area contributed by atoms with Crippen LogP contribution in [0.5, 0.6) is 0 Å². The summed E-state index contributed by atoms with van der Waals surface area (Å²) in [6, 6.07) is 13.7. The molecule has 5 nitrogen and oxygen atoms in total. The lowest BCUT2D eigenvalue weighted by molar-refractivity contribution is -0.131. The van der Waals surface area contributed by atoms with E-state index in [9.17, 15) is 9.59 Å². The number of rotatable bonds is 7. The second kappa shape index (κ2) is 9.04. The highest BCUT2D eigenvalue weighted by molar-refractivity contribution is 5.95. The number of nitrogens with one attached hydrogen (secondary N) is 2. The lowest BCUT2D eigenvalue weighted by Gasteiger charge is -2.19. The van der Waals surface area contributed by atoms with Gasteiger partial charge in [0.2, 0.25) is 11.8 Å². The van der Waals surface area contributed by atoms with E-state index in [4.69, 9.17) is 0 Å². The van der Waals surface area contributed by atoms with Crippen LogP contribution in [-0.4, -0.2) is 36.9 Å². The minimum atomic E-state index is -0.200. The van der Waals surface area contributed by atoms with Crippen molar-refractivity contribution < 1.29 is 9.59 Å². The molecule has 0 aliphatic heterocycles. The summed E-state index contributed by atoms with van der Waals surface area (Å²) in [5, 5.41) is 6.07. The number of para-hydroxylation sites is 2. The van der Waals surface area contributed by atoms with E-state index < -0.39 is 0 Å². The Morgan fingerprint density at radius 1 is 1.00 bits per heavy atom. The Kier molecular flexibility index (Phi) is 6.78. The Bertz CT molecular complexity index is 766. The average molecular weight is 353 g/mol. The number of carbonyl (C=O) groups is 2. The molecule has 2 aromatic rings. The van der Waals surface area contributed by atoms with Crippen LogP contribution < -0.4 is 10.6 Å². The van der Waals surface area contributed by atoms with Crippen molar-refractivity contribution in [2.45, 2.75) is 27.2 Å². The highest BCUT2D eigenvalue weighted by atomic mass is 16.2. The molecule has 0 aliphatic carbocycles. The summed E-state index contributed by atoms with van der Waals surface area (Å²) in [6.07, 6.45) is 0.838. The maximum absolute atomic E-state index is 12.3. The van der Waals surface area contributed by atoms with Crippen molar-refractivity contribution in [2.24, 2.45) is 0 Å². The fourth-order valence-corrected chi connectivity index (χ4v) is 2.84. The van der Waals surface area contributed by atoms with Gasteiger partial charge in [0, 0.05) is 18.4 Å². The Morgan fingerprint density at radius 3 is 2.31 bits per heavy atom. The molecular weight excluding hydrogens is 326 g/mol. The monoisotopic (exact) mass is 353 g/mol. The zero-order valence-corrected chi connectivity index (χ0v) is 15.9. The molecule has 0 saturated heterocycles. The lowest BCUT2D eigenvalue weighted by Crippen LogP contribution is -2.38. The molecule has 0 aromatic heterocycles. The highest BCUT2D eigenvalue weighted by Gasteiger charge is 2.14. The van der Waals surface area contributed by atoms with Gasteiger partial charge in [-0.1, -0.05) is 43.3 Å². The molecule has 0 bridgehead atoms. The first-order valence-electron chi connectivity index (χ1n) is 8.84. The van der Waals surface area contributed by atoms with Crippen LogP contribution in [0.3, 0.4) is 0 Å². The van der Waals surface area contributed by atoms with Crippen LogP contribution in [0.4, 0.5) is 11.4 Å². The van der Waals surface area contributed by atoms with Crippen molar-refractivity contribution in [1.82, 2.24) is 4.90 Å². The normalized spacial score (nSPS) is 10.3. The van der Waals surface area contributed by atoms with E-state index in [-0.39, 0.29) is 24.9 Å². The maximum atomic E-state index is 12.3. The number of nitrogens with zero attached hydrogens (tertiary/aromatic N) is 1. The zero-order chi connectivity index (χ0) is 19.1. The van der Waals surface area contributed by atoms with Crippen LogP contribution in [0.25, 0.3) is 0 Å². The summed E-state index contributed by atoms with van der Waals surface area (Å²) in [5.41, 5.74) is 5.03. The first-order valence-corrected chi connectivity index (χ1v) is 8.84. The van der Waals surface area contributed by atoms with Crippen molar-refractivity contribution in [3.63, 3.8) is 0 Å². The van der Waals surface area contributed by atoms with Gasteiger partial charge in [0.15, 0.2) is 0 Å². The van der Waals surface area contributed by atoms with Gasteiger partial charge >= 0.3 is 0 Å². The van der Waals surface area contributed by atoms with Gasteiger partial charge in [0.25, 0.3) is 0 Å². The molecule has 0 aliphatic rings. The molecule has 2 N–H and O–H groups in total. The third kappa shape index (κ3) is 5.09. The predicted molar refractivity (Wildman–Crippen MR) is 106 cm³/mol. The third-order valence-corrected chi connectivity index (χ3v) is 4.38. The van der Waals surface area contributed by atoms with Crippen LogP contribution >= 0.6 is 0 Å². The molecule has 0 fully saturated rings. The maximum Gasteiger partial charge on any atom is 0.243 e. The molecular formula is C21H27N3O2. The molecule has 0 heterocycles. The number of likely N-dealkylation sites (N-methyl/N-ethyl adjacent to an activating group) is 1. The molecule has 2 aromatic carbocycles. The molecule has 0 radical (unpaired) electrons. The fraction of sp³-hybridized carbons (Fsp3) is 0.333. The molecule has 0 saturated carbocycles. The number of benzene rings is 2. The van der Waals surface area contributed by atoms with E-state index in [1.165, 1.54) is 4.90 Å². The quantitative estimate of drug-likeness (QED) is 0.802. The Balaban J connectivity index is 1.89. The van der Waals surface area contributed by atoms with Crippen LogP contribution in [-0.2, 0) is 16.0 Å². The summed E-state index contributed by atoms with van der Waals surface area (Å²) in [6.45, 7) is 6.22. The Morgan fingerprint density at radius 2 is 1.65 bits per heavy atom. The molecule has 2 amide bonds. The second-order valence-electron chi connectivity index (χ2n) is 6.43. The van der Waals surface area contributed by atoms with Gasteiger partial charge in [-0.15, -0.1) is 0 Å². The summed E-state index contributed by atoms with van der Waals surface area (Å²) in [7, 11) is 1.64. The minimum absolute atomic E-state index is 0.0192. The Hall–Kier alpha value is -2.82. The van der Waals surface area contributed by atoms with E-state index >= 15 is 0 Å². The molecule has 0 unspecified atom stereocenters. The van der Waals surface area contributed by atoms with Crippen LogP contribution in [0.1, 0.15) is 23.6 Å². The first kappa shape index (κ1) is 19.5. The molecule has 5 heteroatoms. The fourth-order valence-electron chi connectivity index (χ4n) is 2.84. The van der Waals surface area contributed by atoms with Crippen molar-refractivity contribution >= 4 is 23.2 Å². The van der Waals surface area contributed by atoms with Crippen LogP contribution in [0, 0.1) is 13.8 Å². The van der Waals surface area contributed by atoms with Crippen LogP contribution in [0.15, 0.2) is 42.5 Å². The Labute approximate surface area is 155 Å². The molecule has 0 atom stereocenters. The van der Waals surface area contributed by atoms with Gasteiger partial charge in [-0.05, 0) is 43.0 Å². The SMILES string of the molecule is CCc1ccccc1NC(=O)CN(C)C(=O)CNc1c(C)cccc1C. The van der Waals surface area contributed by atoms with Gasteiger partial charge in [0.05, 0.1) is 13.1 Å². The van der Waals surface area contributed by atoms with Gasteiger partial charge in [0.1, 0.15) is 0 Å². The summed E-state index contributed by atoms with van der Waals surface area (Å²) >= 11 is 0. The molecule has 138 valence electrons. The molecule has 26 heavy (non-hydrogen) atoms. The van der Waals surface area contributed by atoms with Gasteiger partial charge in [-0.3, -0.25) is 9.59 Å². The number of amides is 2. The second-order valence-corrected chi connectivity index (χ2v) is 6.43. The summed E-state index contributed by atoms with van der Waals surface area (Å²) in [5.74, 6) is -0.333. The van der Waals surface area contributed by atoms with Crippen molar-refractivity contribution in [3.05, 3.63) is 59.2 Å². The zero-order valence-electron chi connectivity index (χ0n) is 15.9. The average Bonchev–Trinajstić information content (AvgIpc) is 2.61. The van der Waals surface area contributed by atoms with Crippen LogP contribution in [0.2, 0.25) is 0 Å². The van der Waals surface area contributed by atoms with E-state index in [2.05, 4.69) is 10.6 Å². The highest BCUT2D eigenvalue weighted by Crippen LogP contribution is 2.19. The number of hydrogen-bond donors (Lipinski definition) is 2. The molecule has 2 rings (SSSR count). The van der Waals surface area contributed by atoms with E-state index in [1.807, 2.05) is 63.2 Å². The smallest absolute Gasteiger partial charge is 0.243 e. The van der Waals surface area contributed by atoms with E-state index in [1.54, 1.807) is 7.05 Å². The number of hydrogen-bond acceptors (Lipinski definition) is 3. The standard InChI is InChI=1S/C21H27N3O2/c1-5-17-11-6-7-12-18(17)23-19(25)14-24(4)20(26)13-22-21-15(2)9-8-10-16(21)3/h6-12,22H,5,13-14H2,1-4H3,(H,23,25). The van der Waals surface area contributed by atoms with Crippen molar-refractivity contribution in [3.8, 4) is 0 Å². The predicted octanol–water partition coefficient (Wildman–Crippen LogP) is 3.37. The number of carbonyl (C=O) groups excluding carboxylic acids is 2. The van der Waals surface area contributed by atoms with E-state index in [0.717, 1.165) is 34.5 Å². The van der Waals surface area contributed by atoms with Gasteiger partial charge < -0.3 is 15.5 Å². The van der Waals surface area contributed by atoms with Crippen molar-refractivity contribution in [2.75, 3.05) is 30.8 Å². The summed E-state index contributed by atoms with van der Waals surface area (Å²) < 4.78 is 0. The summed E-state index contributed by atoms with van der Waals surface area (Å²) in [4.78, 5) is 26.0. The lowest BCUT2D eigenvalue weighted by atomic mass is 10.1. The molecule has 0 spiro atoms. The van der Waals surface area contributed by atoms with Crippen molar-refractivity contribution in [1.29, 1.82) is 0 Å². The number of anilines is 2. The van der Waals surface area contributed by atoms with E-state index in [0.29, 0.717) is 0 Å². The van der Waals surface area contributed by atoms with Gasteiger partial charge in [-0.2, -0.15) is 0 Å².